The van der Waals surface area contributed by atoms with Crippen LogP contribution in [0, 0.1) is 45.0 Å². The van der Waals surface area contributed by atoms with E-state index in [9.17, 15) is 0 Å². The number of hydrogen-bond donors (Lipinski definition) is 1. The van der Waals surface area contributed by atoms with Crippen molar-refractivity contribution in [3.05, 3.63) is 37.1 Å². The Hall–Kier alpha value is 0.162. The first-order valence-electron chi connectivity index (χ1n) is 5.54. The summed E-state index contributed by atoms with van der Waals surface area (Å²) < 4.78 is 0. The van der Waals surface area contributed by atoms with E-state index in [0.717, 1.165) is 37.2 Å². The van der Waals surface area contributed by atoms with Crippen LogP contribution in [0.2, 0.25) is 5.02 Å². The standard InChI is InChI=1S/C13H17ClN2.U/c1-3-13(2)7-4-8-16(13)12-6-5-10(14)9-11(12)15;/h5-6,9H,1-4,7-8,15H2;/q-2;+2. The number of nitrogen functional groups attached to an aromatic ring is 1. The summed E-state index contributed by atoms with van der Waals surface area (Å²) in [5.41, 5.74) is 7.64. The van der Waals surface area contributed by atoms with Crippen LogP contribution >= 0.6 is 11.6 Å². The van der Waals surface area contributed by atoms with E-state index in [1.54, 1.807) is 6.07 Å². The van der Waals surface area contributed by atoms with Crippen LogP contribution in [0.5, 0.6) is 0 Å². The van der Waals surface area contributed by atoms with Gasteiger partial charge in [-0.25, -0.2) is 0 Å². The first kappa shape index (κ1) is 15.2. The monoisotopic (exact) mass is 474 g/mol. The largest absolute Gasteiger partial charge is 2.00 e. The van der Waals surface area contributed by atoms with Crippen molar-refractivity contribution in [2.75, 3.05) is 17.2 Å². The van der Waals surface area contributed by atoms with Gasteiger partial charge in [0, 0.05) is 11.6 Å². The molecule has 2 N–H and O–H groups in total. The molecule has 2 rings (SSSR count). The van der Waals surface area contributed by atoms with Gasteiger partial charge in [-0.15, -0.1) is 5.54 Å². The fourth-order valence-electron chi connectivity index (χ4n) is 2.35. The third kappa shape index (κ3) is 2.95. The van der Waals surface area contributed by atoms with Crippen LogP contribution in [0.3, 0.4) is 0 Å². The summed E-state index contributed by atoms with van der Waals surface area (Å²) in [4.78, 5) is 2.26. The Balaban J connectivity index is 0.00000144. The van der Waals surface area contributed by atoms with Crippen LogP contribution in [-0.4, -0.2) is 12.1 Å². The summed E-state index contributed by atoms with van der Waals surface area (Å²) >= 11 is 5.90. The predicted octanol–water partition coefficient (Wildman–Crippen LogP) is 3.32. The van der Waals surface area contributed by atoms with Crippen LogP contribution in [0.25, 0.3) is 0 Å². The third-order valence-corrected chi connectivity index (χ3v) is 3.58. The Labute approximate surface area is 132 Å². The molecule has 4 heteroatoms. The minimum absolute atomic E-state index is 0. The molecule has 0 bridgehead atoms. The van der Waals surface area contributed by atoms with Gasteiger partial charge in [0.2, 0.25) is 0 Å². The number of rotatable bonds is 2. The molecule has 0 radical (unpaired) electrons. The molecule has 0 saturated carbocycles. The molecular weight excluding hydrogens is 458 g/mol. The predicted molar refractivity (Wildman–Crippen MR) is 70.5 cm³/mol. The Kier molecular flexibility index (Phi) is 5.25. The number of nitrogens with zero attached hydrogens (tertiary/aromatic N) is 1. The molecule has 90 valence electrons. The second-order valence-electron chi connectivity index (χ2n) is 4.43. The Morgan fingerprint density at radius 3 is 2.76 bits per heavy atom. The number of halogens is 1. The fourth-order valence-corrected chi connectivity index (χ4v) is 2.53. The molecule has 1 fully saturated rings. The molecule has 2 nitrogen and oxygen atoms in total. The van der Waals surface area contributed by atoms with E-state index < -0.39 is 0 Å². The van der Waals surface area contributed by atoms with Crippen LogP contribution in [0.4, 0.5) is 11.4 Å². The number of nitrogens with two attached hydrogens (primary N) is 1. The zero-order valence-corrected chi connectivity index (χ0v) is 14.8. The van der Waals surface area contributed by atoms with E-state index in [1.165, 1.54) is 0 Å². The van der Waals surface area contributed by atoms with Crippen molar-refractivity contribution < 1.29 is 31.1 Å². The SMILES string of the molecule is [CH2-]CC1([CH2-])CCCN1c1ccc(Cl)cc1N.[U+2]. The van der Waals surface area contributed by atoms with Crippen molar-refractivity contribution in [1.82, 2.24) is 0 Å². The normalized spacial score (nSPS) is 23.6. The number of hydrogen-bond acceptors (Lipinski definition) is 2. The summed E-state index contributed by atoms with van der Waals surface area (Å²) in [5, 5.41) is 0.671. The van der Waals surface area contributed by atoms with Gasteiger partial charge in [-0.3, -0.25) is 0 Å². The first-order valence-corrected chi connectivity index (χ1v) is 5.92. The zero-order valence-electron chi connectivity index (χ0n) is 9.88. The van der Waals surface area contributed by atoms with Crippen molar-refractivity contribution in [2.24, 2.45) is 0 Å². The van der Waals surface area contributed by atoms with Gasteiger partial charge < -0.3 is 24.5 Å². The molecule has 1 aliphatic rings. The smallest absolute Gasteiger partial charge is 0.397 e. The van der Waals surface area contributed by atoms with Crippen LogP contribution in [0.1, 0.15) is 19.3 Å². The van der Waals surface area contributed by atoms with Crippen molar-refractivity contribution in [2.45, 2.75) is 24.8 Å². The Morgan fingerprint density at radius 2 is 2.18 bits per heavy atom. The average Bonchev–Trinajstić information content (AvgIpc) is 2.62. The van der Waals surface area contributed by atoms with E-state index in [4.69, 9.17) is 17.3 Å². The van der Waals surface area contributed by atoms with Gasteiger partial charge >= 0.3 is 31.1 Å². The second kappa shape index (κ2) is 5.87. The van der Waals surface area contributed by atoms with Crippen molar-refractivity contribution in [3.63, 3.8) is 0 Å². The number of benzene rings is 1. The molecule has 0 aliphatic carbocycles. The third-order valence-electron chi connectivity index (χ3n) is 3.34. The quantitative estimate of drug-likeness (QED) is 0.526. The maximum atomic E-state index is 6.00. The summed E-state index contributed by atoms with van der Waals surface area (Å²) in [6, 6.07) is 5.63. The molecule has 0 aromatic heterocycles. The van der Waals surface area contributed by atoms with Crippen LogP contribution < -0.4 is 10.6 Å². The molecule has 1 aromatic carbocycles. The summed E-state index contributed by atoms with van der Waals surface area (Å²) in [5.74, 6) is 0. The molecule has 1 unspecified atom stereocenters. The van der Waals surface area contributed by atoms with Crippen molar-refractivity contribution >= 4 is 23.0 Å². The molecule has 1 aromatic rings. The minimum atomic E-state index is -0.109. The Bertz CT molecular complexity index is 397. The van der Waals surface area contributed by atoms with Gasteiger partial charge in [-0.2, -0.15) is 6.42 Å². The minimum Gasteiger partial charge on any atom is -0.397 e. The van der Waals surface area contributed by atoms with Crippen molar-refractivity contribution in [1.29, 1.82) is 0 Å². The Morgan fingerprint density at radius 1 is 1.47 bits per heavy atom. The molecule has 17 heavy (non-hydrogen) atoms. The summed E-state index contributed by atoms with van der Waals surface area (Å²) in [6.07, 6.45) is 2.99. The fraction of sp³-hybridized carbons (Fsp3) is 0.385. The van der Waals surface area contributed by atoms with E-state index in [-0.39, 0.29) is 36.7 Å². The summed E-state index contributed by atoms with van der Waals surface area (Å²) in [6.45, 7) is 9.27. The number of anilines is 2. The maximum Gasteiger partial charge on any atom is 2.00 e. The summed E-state index contributed by atoms with van der Waals surface area (Å²) in [7, 11) is 0. The topological polar surface area (TPSA) is 29.3 Å². The van der Waals surface area contributed by atoms with E-state index in [2.05, 4.69) is 18.7 Å². The molecule has 1 atom stereocenters. The van der Waals surface area contributed by atoms with Gasteiger partial charge in [0.25, 0.3) is 0 Å². The molecule has 0 amide bonds. The molecule has 1 heterocycles. The van der Waals surface area contributed by atoms with Crippen LogP contribution in [0.15, 0.2) is 18.2 Å². The molecule has 1 saturated heterocycles. The van der Waals surface area contributed by atoms with Gasteiger partial charge in [-0.1, -0.05) is 18.0 Å². The van der Waals surface area contributed by atoms with Crippen molar-refractivity contribution in [3.8, 4) is 0 Å². The van der Waals surface area contributed by atoms with Gasteiger partial charge in [0.15, 0.2) is 0 Å². The first-order chi connectivity index (χ1) is 7.57. The maximum absolute atomic E-state index is 6.00. The van der Waals surface area contributed by atoms with Gasteiger partial charge in [0.1, 0.15) is 0 Å². The molecule has 0 spiro atoms. The van der Waals surface area contributed by atoms with E-state index in [1.807, 2.05) is 12.1 Å². The zero-order chi connectivity index (χ0) is 11.8. The second-order valence-corrected chi connectivity index (χ2v) is 4.87. The van der Waals surface area contributed by atoms with Gasteiger partial charge in [0.05, 0.1) is 11.4 Å². The van der Waals surface area contributed by atoms with E-state index >= 15 is 0 Å². The molecule has 1 aliphatic heterocycles. The van der Waals surface area contributed by atoms with E-state index in [0.29, 0.717) is 5.02 Å². The van der Waals surface area contributed by atoms with Crippen LogP contribution in [-0.2, 0) is 0 Å². The molecular formula is C13H17ClN2U. The van der Waals surface area contributed by atoms with Gasteiger partial charge in [-0.05, 0) is 24.6 Å². The average molecular weight is 475 g/mol.